The van der Waals surface area contributed by atoms with E-state index in [1.807, 2.05) is 0 Å². The van der Waals surface area contributed by atoms with Gasteiger partial charge in [-0.3, -0.25) is 30.0 Å². The fourth-order valence-corrected chi connectivity index (χ4v) is 2.61. The summed E-state index contributed by atoms with van der Waals surface area (Å²) in [5.74, 6) is -2.75. The van der Waals surface area contributed by atoms with Crippen molar-refractivity contribution in [3.63, 3.8) is 0 Å². The first-order chi connectivity index (χ1) is 15.6. The molecule has 0 saturated carbocycles. The van der Waals surface area contributed by atoms with E-state index in [-0.39, 0.29) is 30.0 Å². The molecule has 176 valence electrons. The van der Waals surface area contributed by atoms with Crippen LogP contribution in [0.4, 0.5) is 18.9 Å². The number of esters is 1. The van der Waals surface area contributed by atoms with E-state index in [4.69, 9.17) is 16.3 Å². The third-order valence-corrected chi connectivity index (χ3v) is 4.40. The smallest absolute Gasteiger partial charge is 0.416 e. The largest absolute Gasteiger partial charge is 0.455 e. The Labute approximate surface area is 191 Å². The molecule has 0 heterocycles. The van der Waals surface area contributed by atoms with Gasteiger partial charge in [-0.1, -0.05) is 29.8 Å². The number of carbonyl (C=O) groups excluding carboxylic acids is 4. The molecule has 0 aliphatic rings. The second-order valence-corrected chi connectivity index (χ2v) is 7.03. The predicted molar refractivity (Wildman–Crippen MR) is 112 cm³/mol. The topological polar surface area (TPSA) is 114 Å². The fraction of sp³-hybridized carbons (Fsp3) is 0.238. The lowest BCUT2D eigenvalue weighted by molar-refractivity contribution is -0.148. The van der Waals surface area contributed by atoms with Crippen molar-refractivity contribution in [1.82, 2.24) is 10.9 Å². The van der Waals surface area contributed by atoms with E-state index in [0.29, 0.717) is 11.6 Å². The summed E-state index contributed by atoms with van der Waals surface area (Å²) in [6.45, 7) is -0.653. The van der Waals surface area contributed by atoms with Gasteiger partial charge < -0.3 is 10.1 Å². The third-order valence-electron chi connectivity index (χ3n) is 4.07. The molecule has 0 aliphatic heterocycles. The van der Waals surface area contributed by atoms with Crippen LogP contribution in [0.1, 0.15) is 35.2 Å². The first-order valence-corrected chi connectivity index (χ1v) is 9.90. The van der Waals surface area contributed by atoms with E-state index in [9.17, 15) is 32.3 Å². The van der Waals surface area contributed by atoms with Gasteiger partial charge in [-0.05, 0) is 36.8 Å². The number of nitrogens with one attached hydrogen (secondary N) is 3. The summed E-state index contributed by atoms with van der Waals surface area (Å²) < 4.78 is 43.0. The van der Waals surface area contributed by atoms with Crippen LogP contribution in [0.2, 0.25) is 5.02 Å². The number of benzene rings is 2. The maximum absolute atomic E-state index is 12.8. The lowest BCUT2D eigenvalue weighted by Crippen LogP contribution is -2.43. The predicted octanol–water partition coefficient (Wildman–Crippen LogP) is 3.47. The van der Waals surface area contributed by atoms with E-state index in [2.05, 4.69) is 16.2 Å². The van der Waals surface area contributed by atoms with Gasteiger partial charge in [0, 0.05) is 18.4 Å². The first kappa shape index (κ1) is 25.7. The van der Waals surface area contributed by atoms with Crippen LogP contribution in [0.25, 0.3) is 0 Å². The Balaban J connectivity index is 1.67. The number of hydrogen-bond donors (Lipinski definition) is 3. The average Bonchev–Trinajstić information content (AvgIpc) is 2.77. The molecule has 2 rings (SSSR count). The molecule has 3 amide bonds. The molecular formula is C21H19ClF3N3O5. The van der Waals surface area contributed by atoms with Crippen LogP contribution < -0.4 is 16.2 Å². The highest BCUT2D eigenvalue weighted by Gasteiger charge is 2.31. The molecule has 3 N–H and O–H groups in total. The molecule has 0 bridgehead atoms. The lowest BCUT2D eigenvalue weighted by Gasteiger charge is -2.11. The Hall–Kier alpha value is -3.60. The van der Waals surface area contributed by atoms with Gasteiger partial charge in [0.05, 0.1) is 16.3 Å². The van der Waals surface area contributed by atoms with Crippen molar-refractivity contribution in [2.75, 3.05) is 11.9 Å². The minimum Gasteiger partial charge on any atom is -0.455 e. The van der Waals surface area contributed by atoms with E-state index < -0.39 is 42.0 Å². The van der Waals surface area contributed by atoms with Crippen molar-refractivity contribution in [1.29, 1.82) is 0 Å². The number of hydrazine groups is 1. The Bertz CT molecular complexity index is 1020. The van der Waals surface area contributed by atoms with Gasteiger partial charge in [-0.15, -0.1) is 0 Å². The van der Waals surface area contributed by atoms with Gasteiger partial charge >= 0.3 is 12.1 Å². The molecule has 0 atom stereocenters. The molecule has 2 aromatic carbocycles. The number of hydrogen-bond acceptors (Lipinski definition) is 5. The Morgan fingerprint density at radius 3 is 2.27 bits per heavy atom. The molecule has 0 unspecified atom stereocenters. The van der Waals surface area contributed by atoms with Crippen LogP contribution in [-0.4, -0.2) is 30.3 Å². The second-order valence-electron chi connectivity index (χ2n) is 6.62. The van der Waals surface area contributed by atoms with Gasteiger partial charge in [0.2, 0.25) is 5.91 Å². The summed E-state index contributed by atoms with van der Waals surface area (Å²) in [4.78, 5) is 47.0. The lowest BCUT2D eigenvalue weighted by atomic mass is 10.2. The number of alkyl halides is 3. The van der Waals surface area contributed by atoms with Crippen LogP contribution in [0.3, 0.4) is 0 Å². The summed E-state index contributed by atoms with van der Waals surface area (Å²) in [7, 11) is 0. The number of halogens is 4. The van der Waals surface area contributed by atoms with E-state index in [0.717, 1.165) is 12.1 Å². The molecule has 0 aromatic heterocycles. The van der Waals surface area contributed by atoms with Crippen molar-refractivity contribution >= 4 is 41.0 Å². The van der Waals surface area contributed by atoms with Crippen molar-refractivity contribution in [3.8, 4) is 0 Å². The fourth-order valence-electron chi connectivity index (χ4n) is 2.45. The Morgan fingerprint density at radius 2 is 1.61 bits per heavy atom. The van der Waals surface area contributed by atoms with Crippen molar-refractivity contribution < 1.29 is 37.1 Å². The van der Waals surface area contributed by atoms with Gasteiger partial charge in [-0.2, -0.15) is 13.2 Å². The summed E-state index contributed by atoms with van der Waals surface area (Å²) >= 11 is 5.81. The van der Waals surface area contributed by atoms with Crippen molar-refractivity contribution in [3.05, 3.63) is 64.7 Å². The minimum absolute atomic E-state index is 0.0214. The molecule has 0 saturated heterocycles. The molecule has 8 nitrogen and oxygen atoms in total. The van der Waals surface area contributed by atoms with Gasteiger partial charge in [0.25, 0.3) is 11.8 Å². The minimum atomic E-state index is -4.59. The van der Waals surface area contributed by atoms with Gasteiger partial charge in [0.15, 0.2) is 6.61 Å². The molecule has 33 heavy (non-hydrogen) atoms. The maximum atomic E-state index is 12.8. The zero-order chi connectivity index (χ0) is 24.4. The monoisotopic (exact) mass is 485 g/mol. The molecule has 2 aromatic rings. The molecule has 0 fully saturated rings. The molecule has 0 radical (unpaired) electrons. The normalized spacial score (nSPS) is 10.8. The van der Waals surface area contributed by atoms with Crippen LogP contribution in [0.15, 0.2) is 48.5 Å². The highest BCUT2D eigenvalue weighted by atomic mass is 35.5. The van der Waals surface area contributed by atoms with Crippen LogP contribution >= 0.6 is 11.6 Å². The standard InChI is InChI=1S/C21H19ClF3N3O5/c22-15-10-9-14(21(23,24)25)11-16(15)26-17(29)7-4-8-19(31)33-12-18(30)27-28-20(32)13-5-2-1-3-6-13/h1-3,5-6,9-11H,4,7-8,12H2,(H,26,29)(H,27,30)(H,28,32). The number of rotatable bonds is 8. The molecule has 0 spiro atoms. The first-order valence-electron chi connectivity index (χ1n) is 9.52. The van der Waals surface area contributed by atoms with Crippen molar-refractivity contribution in [2.24, 2.45) is 0 Å². The van der Waals surface area contributed by atoms with Crippen LogP contribution in [0.5, 0.6) is 0 Å². The Morgan fingerprint density at radius 1 is 0.909 bits per heavy atom. The highest BCUT2D eigenvalue weighted by molar-refractivity contribution is 6.33. The Kier molecular flexibility index (Phi) is 9.22. The number of carbonyl (C=O) groups is 4. The zero-order valence-corrected chi connectivity index (χ0v) is 17.8. The maximum Gasteiger partial charge on any atom is 0.416 e. The van der Waals surface area contributed by atoms with Gasteiger partial charge in [0.1, 0.15) is 0 Å². The van der Waals surface area contributed by atoms with Crippen LogP contribution in [0, 0.1) is 0 Å². The molecule has 0 aliphatic carbocycles. The zero-order valence-electron chi connectivity index (χ0n) is 17.0. The van der Waals surface area contributed by atoms with E-state index >= 15 is 0 Å². The third kappa shape index (κ3) is 8.81. The summed E-state index contributed by atoms with van der Waals surface area (Å²) in [5, 5.41) is 2.19. The summed E-state index contributed by atoms with van der Waals surface area (Å²) in [6.07, 6.45) is -4.98. The molecular weight excluding hydrogens is 467 g/mol. The summed E-state index contributed by atoms with van der Waals surface area (Å²) in [6, 6.07) is 10.6. The number of amides is 3. The average molecular weight is 486 g/mol. The number of ether oxygens (including phenoxy) is 1. The highest BCUT2D eigenvalue weighted by Crippen LogP contribution is 2.33. The van der Waals surface area contributed by atoms with Crippen LogP contribution in [-0.2, 0) is 25.3 Å². The number of anilines is 1. The quantitative estimate of drug-likeness (QED) is 0.391. The SMILES string of the molecule is O=C(COC(=O)CCCC(=O)Nc1cc(C(F)(F)F)ccc1Cl)NNC(=O)c1ccccc1. The van der Waals surface area contributed by atoms with Crippen molar-refractivity contribution in [2.45, 2.75) is 25.4 Å². The van der Waals surface area contributed by atoms with Gasteiger partial charge in [-0.25, -0.2) is 0 Å². The van der Waals surface area contributed by atoms with E-state index in [1.165, 1.54) is 0 Å². The summed E-state index contributed by atoms with van der Waals surface area (Å²) in [5.41, 5.74) is 3.39. The molecule has 12 heteroatoms. The van der Waals surface area contributed by atoms with E-state index in [1.54, 1.807) is 30.3 Å². The second kappa shape index (κ2) is 11.9.